The van der Waals surface area contributed by atoms with Gasteiger partial charge in [0.15, 0.2) is 0 Å². The first-order chi connectivity index (χ1) is 5.86. The molecule has 0 aliphatic heterocycles. The monoisotopic (exact) mass is 153 g/mol. The summed E-state index contributed by atoms with van der Waals surface area (Å²) in [4.78, 5) is 0. The maximum atomic E-state index is 3.05. The third-order valence-electron chi connectivity index (χ3n) is 1.34. The molecule has 0 aliphatic rings. The fourth-order valence-electron chi connectivity index (χ4n) is 0.859. The van der Waals surface area contributed by atoms with E-state index in [1.54, 1.807) is 0 Å². The molecular weight excluding hydrogens is 144 g/mol. The van der Waals surface area contributed by atoms with Gasteiger partial charge >= 0.3 is 0 Å². The normalized spacial score (nSPS) is 7.50. The molecule has 0 nitrogen and oxygen atoms in total. The Balaban J connectivity index is 2.95. The number of rotatable bonds is 0. The van der Waals surface area contributed by atoms with E-state index in [2.05, 4.69) is 29.7 Å². The minimum Gasteiger partial charge on any atom is -0.101 e. The molecule has 0 heterocycles. The van der Waals surface area contributed by atoms with Crippen LogP contribution in [-0.2, 0) is 0 Å². The zero-order valence-electron chi connectivity index (χ0n) is 7.23. The lowest BCUT2D eigenvalue weighted by molar-refractivity contribution is 1.58. The van der Waals surface area contributed by atoms with Crippen molar-refractivity contribution in [3.05, 3.63) is 35.4 Å². The average Bonchev–Trinajstić information content (AvgIpc) is 2.09. The second-order valence-corrected chi connectivity index (χ2v) is 2.24. The van der Waals surface area contributed by atoms with Crippen LogP contribution in [0.4, 0.5) is 0 Å². The lowest BCUT2D eigenvalue weighted by atomic mass is 10.1. The largest absolute Gasteiger partial charge is 0.101 e. The number of hydrogen-bond donors (Lipinski definition) is 0. The number of hydrogen-bond acceptors (Lipinski definition) is 0. The molecule has 1 aromatic rings. The predicted octanol–water partition coefficient (Wildman–Crippen LogP) is 2.23. The van der Waals surface area contributed by atoms with E-state index in [1.807, 2.05) is 32.0 Å². The Morgan fingerprint density at radius 1 is 1.08 bits per heavy atom. The third kappa shape index (κ3) is 2.19. The molecule has 0 saturated carbocycles. The first-order valence-electron chi connectivity index (χ1n) is 3.74. The third-order valence-corrected chi connectivity index (χ3v) is 1.34. The van der Waals surface area contributed by atoms with Crippen LogP contribution in [-0.4, -0.2) is 0 Å². The zero-order chi connectivity index (χ0) is 8.81. The van der Waals surface area contributed by atoms with Gasteiger partial charge in [-0.2, -0.15) is 0 Å². The first-order valence-corrected chi connectivity index (χ1v) is 3.74. The van der Waals surface area contributed by atoms with Crippen molar-refractivity contribution in [3.8, 4) is 23.7 Å². The molecule has 0 amide bonds. The van der Waals surface area contributed by atoms with Gasteiger partial charge < -0.3 is 0 Å². The molecule has 0 fully saturated rings. The van der Waals surface area contributed by atoms with Crippen LogP contribution in [0.5, 0.6) is 0 Å². The summed E-state index contributed by atoms with van der Waals surface area (Å²) in [6.07, 6.45) is 0. The second-order valence-electron chi connectivity index (χ2n) is 2.24. The summed E-state index contributed by atoms with van der Waals surface area (Å²) in [7, 11) is 0. The predicted molar refractivity (Wildman–Crippen MR) is 50.4 cm³/mol. The quantitative estimate of drug-likeness (QED) is 0.501. The van der Waals surface area contributed by atoms with Gasteiger partial charge in [0.25, 0.3) is 0 Å². The van der Waals surface area contributed by atoms with Crippen molar-refractivity contribution in [1.82, 2.24) is 0 Å². The van der Waals surface area contributed by atoms with Gasteiger partial charge in [0.2, 0.25) is 0 Å². The van der Waals surface area contributed by atoms with Gasteiger partial charge in [0, 0.05) is 11.1 Å². The van der Waals surface area contributed by atoms with E-state index < -0.39 is 0 Å². The Morgan fingerprint density at radius 2 is 1.83 bits per heavy atom. The molecule has 0 aliphatic carbocycles. The van der Waals surface area contributed by atoms with E-state index in [1.165, 1.54) is 0 Å². The van der Waals surface area contributed by atoms with Gasteiger partial charge in [-0.15, -0.1) is 11.8 Å². The van der Waals surface area contributed by atoms with Crippen molar-refractivity contribution in [2.45, 2.75) is 13.8 Å². The highest BCUT2D eigenvalue weighted by molar-refractivity contribution is 5.40. The van der Waals surface area contributed by atoms with Crippen molar-refractivity contribution in [3.63, 3.8) is 0 Å². The molecule has 1 rings (SSSR count). The Labute approximate surface area is 73.6 Å². The minimum atomic E-state index is 0.916. The van der Waals surface area contributed by atoms with Crippen LogP contribution in [0.3, 0.4) is 0 Å². The molecule has 12 heavy (non-hydrogen) atoms. The summed E-state index contributed by atoms with van der Waals surface area (Å²) in [6, 6.07) is 8.78. The molecule has 0 bridgehead atoms. The zero-order valence-corrected chi connectivity index (χ0v) is 7.23. The van der Waals surface area contributed by atoms with Crippen LogP contribution < -0.4 is 0 Å². The van der Waals surface area contributed by atoms with E-state index in [0.717, 1.165) is 11.1 Å². The van der Waals surface area contributed by atoms with E-state index in [4.69, 9.17) is 0 Å². The summed E-state index contributed by atoms with van der Waals surface area (Å²) >= 11 is 0. The lowest BCUT2D eigenvalue weighted by Crippen LogP contribution is -1.76. The summed E-state index contributed by atoms with van der Waals surface area (Å²) in [6.45, 7) is 3.63. The molecule has 0 aromatic heterocycles. The van der Waals surface area contributed by atoms with Crippen LogP contribution >= 0.6 is 0 Å². The van der Waals surface area contributed by atoms with Gasteiger partial charge in [-0.1, -0.05) is 11.8 Å². The molecule has 0 N–H and O–H groups in total. The van der Waals surface area contributed by atoms with Crippen LogP contribution in [0.1, 0.15) is 25.0 Å². The van der Waals surface area contributed by atoms with E-state index in [9.17, 15) is 0 Å². The standard InChI is InChI=1S/C12H9/c1-3-5-11-7-9-12(6-4-2)10-8-11/h7-9H,1-2H3. The molecular formula is C12H9. The van der Waals surface area contributed by atoms with Gasteiger partial charge in [-0.05, 0) is 38.1 Å². The second kappa shape index (κ2) is 4.27. The first kappa shape index (κ1) is 8.44. The summed E-state index contributed by atoms with van der Waals surface area (Å²) < 4.78 is 0. The topological polar surface area (TPSA) is 0 Å². The van der Waals surface area contributed by atoms with Gasteiger partial charge in [-0.25, -0.2) is 0 Å². The fraction of sp³-hybridized carbons (Fsp3) is 0.167. The highest BCUT2D eigenvalue weighted by Gasteiger charge is 1.87. The van der Waals surface area contributed by atoms with Gasteiger partial charge in [-0.3, -0.25) is 0 Å². The summed E-state index contributed by atoms with van der Waals surface area (Å²) in [5.74, 6) is 11.5. The lowest BCUT2D eigenvalue weighted by Gasteiger charge is -1.89. The van der Waals surface area contributed by atoms with Gasteiger partial charge in [0.1, 0.15) is 0 Å². The van der Waals surface area contributed by atoms with Crippen LogP contribution in [0, 0.1) is 29.7 Å². The maximum Gasteiger partial charge on any atom is 0.0324 e. The van der Waals surface area contributed by atoms with Crippen LogP contribution in [0.2, 0.25) is 0 Å². The SMILES string of the molecule is CC#Cc1[c]cc(C#CC)cc1. The molecule has 0 spiro atoms. The Kier molecular flexibility index (Phi) is 3.00. The molecule has 1 radical (unpaired) electrons. The van der Waals surface area contributed by atoms with Gasteiger partial charge in [0.05, 0.1) is 0 Å². The molecule has 0 unspecified atom stereocenters. The van der Waals surface area contributed by atoms with E-state index >= 15 is 0 Å². The Morgan fingerprint density at radius 3 is 2.33 bits per heavy atom. The van der Waals surface area contributed by atoms with Crippen molar-refractivity contribution in [2.24, 2.45) is 0 Å². The maximum absolute atomic E-state index is 3.05. The molecule has 0 atom stereocenters. The molecule has 0 heteroatoms. The average molecular weight is 153 g/mol. The van der Waals surface area contributed by atoms with Crippen LogP contribution in [0.25, 0.3) is 0 Å². The molecule has 57 valence electrons. The van der Waals surface area contributed by atoms with E-state index in [0.29, 0.717) is 0 Å². The summed E-state index contributed by atoms with van der Waals surface area (Å²) in [5.41, 5.74) is 1.90. The number of benzene rings is 1. The summed E-state index contributed by atoms with van der Waals surface area (Å²) in [5, 5.41) is 0. The van der Waals surface area contributed by atoms with Crippen molar-refractivity contribution in [1.29, 1.82) is 0 Å². The smallest absolute Gasteiger partial charge is 0.0324 e. The highest BCUT2D eigenvalue weighted by atomic mass is 13.9. The highest BCUT2D eigenvalue weighted by Crippen LogP contribution is 2.00. The van der Waals surface area contributed by atoms with Crippen molar-refractivity contribution in [2.75, 3.05) is 0 Å². The minimum absolute atomic E-state index is 0.916. The molecule has 1 aromatic carbocycles. The Hall–Kier alpha value is -1.66. The fourth-order valence-corrected chi connectivity index (χ4v) is 0.859. The van der Waals surface area contributed by atoms with Crippen LogP contribution in [0.15, 0.2) is 18.2 Å². The molecule has 0 saturated heterocycles. The van der Waals surface area contributed by atoms with Crippen molar-refractivity contribution < 1.29 is 0 Å². The van der Waals surface area contributed by atoms with E-state index in [-0.39, 0.29) is 0 Å². The Bertz CT molecular complexity index is 321. The van der Waals surface area contributed by atoms with Crippen molar-refractivity contribution >= 4 is 0 Å².